The highest BCUT2D eigenvalue weighted by Gasteiger charge is 2.38. The minimum atomic E-state index is -5.17. The first-order chi connectivity index (χ1) is 18.1. The summed E-state index contributed by atoms with van der Waals surface area (Å²) in [4.78, 5) is 10.7. The number of nitrogens with zero attached hydrogens (tertiary/aromatic N) is 6. The van der Waals surface area contributed by atoms with Crippen molar-refractivity contribution in [1.29, 1.82) is 5.26 Å². The Labute approximate surface area is 212 Å². The molecule has 0 spiro atoms. The number of aryl methyl sites for hydroxylation is 1. The van der Waals surface area contributed by atoms with Crippen molar-refractivity contribution in [3.05, 3.63) is 64.9 Å². The van der Waals surface area contributed by atoms with Gasteiger partial charge in [0.05, 0.1) is 35.3 Å². The number of morpholine rings is 1. The Morgan fingerprint density at radius 2 is 2.00 bits per heavy atom. The van der Waals surface area contributed by atoms with E-state index in [4.69, 9.17) is 10.00 Å². The molecular formula is C25H19F5N6O2. The number of nitriles is 1. The van der Waals surface area contributed by atoms with E-state index in [1.807, 2.05) is 11.0 Å². The first-order valence-corrected chi connectivity index (χ1v) is 11.4. The summed E-state index contributed by atoms with van der Waals surface area (Å²) in [5.74, 6) is -5.11. The number of alkyl halides is 3. The van der Waals surface area contributed by atoms with E-state index in [0.29, 0.717) is 37.6 Å². The van der Waals surface area contributed by atoms with E-state index >= 15 is 0 Å². The van der Waals surface area contributed by atoms with E-state index in [2.05, 4.69) is 21.1 Å². The number of anilines is 1. The molecule has 0 radical (unpaired) electrons. The number of phenolic OH excluding ortho intramolecular Hbond substituents is 1. The first kappa shape index (κ1) is 25.3. The Balaban J connectivity index is 1.46. The molecule has 0 bridgehead atoms. The van der Waals surface area contributed by atoms with Gasteiger partial charge >= 0.3 is 6.18 Å². The van der Waals surface area contributed by atoms with Crippen LogP contribution in [0.15, 0.2) is 36.5 Å². The molecule has 0 aliphatic carbocycles. The predicted octanol–water partition coefficient (Wildman–Crippen LogP) is 4.35. The van der Waals surface area contributed by atoms with Crippen LogP contribution in [0, 0.1) is 23.0 Å². The highest BCUT2D eigenvalue weighted by Crippen LogP contribution is 2.41. The van der Waals surface area contributed by atoms with Crippen molar-refractivity contribution in [2.24, 2.45) is 7.05 Å². The summed E-state index contributed by atoms with van der Waals surface area (Å²) in [6, 6.07) is 9.58. The molecule has 1 N–H and O–H groups in total. The molecule has 2 aromatic carbocycles. The number of hydrogen-bond donors (Lipinski definition) is 1. The van der Waals surface area contributed by atoms with Crippen molar-refractivity contribution in [2.75, 3.05) is 24.6 Å². The van der Waals surface area contributed by atoms with Crippen molar-refractivity contribution in [3.8, 4) is 23.1 Å². The maximum absolute atomic E-state index is 14.7. The largest absolute Gasteiger partial charge is 0.503 e. The lowest BCUT2D eigenvalue weighted by Gasteiger charge is -2.33. The monoisotopic (exact) mass is 530 g/mol. The topological polar surface area (TPSA) is 100 Å². The van der Waals surface area contributed by atoms with Crippen LogP contribution in [-0.2, 0) is 24.4 Å². The standard InChI is InChI=1S/C25H19F5N6O2/c1-35-23-17(21(34-35)16-9-18(25(28,29)30)20(27)22(37)19(16)26)11-32-24(33-23)36-5-6-38-15(12-36)8-13-3-2-4-14(7-13)10-31/h2-4,7,9,11,15,37H,5-6,8,12H2,1H3/t15-/m0/s1. The number of benzene rings is 2. The Bertz CT molecular complexity index is 1580. The smallest absolute Gasteiger partial charge is 0.419 e. The van der Waals surface area contributed by atoms with Crippen LogP contribution in [0.25, 0.3) is 22.3 Å². The molecule has 0 saturated carbocycles. The number of phenols is 1. The van der Waals surface area contributed by atoms with Crippen LogP contribution < -0.4 is 4.90 Å². The van der Waals surface area contributed by atoms with Gasteiger partial charge < -0.3 is 14.7 Å². The fourth-order valence-corrected chi connectivity index (χ4v) is 4.44. The van der Waals surface area contributed by atoms with Crippen LogP contribution in [0.2, 0.25) is 0 Å². The second kappa shape index (κ2) is 9.53. The van der Waals surface area contributed by atoms with Gasteiger partial charge in [-0.2, -0.15) is 28.5 Å². The van der Waals surface area contributed by atoms with Gasteiger partial charge in [-0.25, -0.2) is 18.4 Å². The number of halogens is 5. The fourth-order valence-electron chi connectivity index (χ4n) is 4.44. The molecule has 3 heterocycles. The number of rotatable bonds is 4. The number of aromatic nitrogens is 4. The van der Waals surface area contributed by atoms with Gasteiger partial charge in [0, 0.05) is 38.3 Å². The average Bonchev–Trinajstić information content (AvgIpc) is 3.22. The molecule has 196 valence electrons. The van der Waals surface area contributed by atoms with Gasteiger partial charge in [0.15, 0.2) is 23.0 Å². The molecule has 1 aliphatic rings. The number of aromatic hydroxyl groups is 1. The summed E-state index contributed by atoms with van der Waals surface area (Å²) in [5.41, 5.74) is -1.14. The Kier molecular flexibility index (Phi) is 6.36. The van der Waals surface area contributed by atoms with E-state index in [1.54, 1.807) is 18.2 Å². The van der Waals surface area contributed by atoms with Crippen LogP contribution in [0.3, 0.4) is 0 Å². The summed E-state index contributed by atoms with van der Waals surface area (Å²) in [7, 11) is 1.47. The summed E-state index contributed by atoms with van der Waals surface area (Å²) >= 11 is 0. The summed E-state index contributed by atoms with van der Waals surface area (Å²) in [6.45, 7) is 1.30. The lowest BCUT2D eigenvalue weighted by atomic mass is 10.0. The van der Waals surface area contributed by atoms with Crippen molar-refractivity contribution in [1.82, 2.24) is 19.7 Å². The number of hydrogen-bond acceptors (Lipinski definition) is 7. The van der Waals surface area contributed by atoms with E-state index in [-0.39, 0.29) is 28.9 Å². The van der Waals surface area contributed by atoms with Crippen LogP contribution in [0.5, 0.6) is 5.75 Å². The van der Waals surface area contributed by atoms with Crippen LogP contribution >= 0.6 is 0 Å². The van der Waals surface area contributed by atoms with Crippen molar-refractivity contribution in [3.63, 3.8) is 0 Å². The predicted molar refractivity (Wildman–Crippen MR) is 125 cm³/mol. The van der Waals surface area contributed by atoms with E-state index in [1.165, 1.54) is 17.9 Å². The molecule has 1 aliphatic heterocycles. The third-order valence-electron chi connectivity index (χ3n) is 6.25. The summed E-state index contributed by atoms with van der Waals surface area (Å²) in [5, 5.41) is 23.0. The third kappa shape index (κ3) is 4.58. The van der Waals surface area contributed by atoms with Crippen LogP contribution in [0.4, 0.5) is 27.9 Å². The second-order valence-electron chi connectivity index (χ2n) is 8.78. The SMILES string of the molecule is Cn1nc(-c2cc(C(F)(F)F)c(F)c(O)c2F)c2cnc(N3CCO[C@@H](Cc4cccc(C#N)c4)C3)nc21. The molecular weight excluding hydrogens is 511 g/mol. The molecule has 13 heteroatoms. The maximum Gasteiger partial charge on any atom is 0.419 e. The molecule has 1 fully saturated rings. The van der Waals surface area contributed by atoms with Gasteiger partial charge in [-0.1, -0.05) is 12.1 Å². The zero-order valence-electron chi connectivity index (χ0n) is 19.8. The van der Waals surface area contributed by atoms with Gasteiger partial charge in [-0.3, -0.25) is 0 Å². The maximum atomic E-state index is 14.7. The van der Waals surface area contributed by atoms with Crippen LogP contribution in [-0.4, -0.2) is 50.7 Å². The number of ether oxygens (including phenoxy) is 1. The summed E-state index contributed by atoms with van der Waals surface area (Å²) < 4.78 is 75.6. The molecule has 2 aromatic heterocycles. The van der Waals surface area contributed by atoms with E-state index < -0.39 is 34.7 Å². The minimum Gasteiger partial charge on any atom is -0.503 e. The van der Waals surface area contributed by atoms with Crippen LogP contribution in [0.1, 0.15) is 16.7 Å². The zero-order chi connectivity index (χ0) is 27.2. The Hall–Kier alpha value is -4.31. The normalized spacial score (nSPS) is 16.1. The zero-order valence-corrected chi connectivity index (χ0v) is 19.8. The molecule has 38 heavy (non-hydrogen) atoms. The van der Waals surface area contributed by atoms with Crippen molar-refractivity contribution in [2.45, 2.75) is 18.7 Å². The molecule has 8 nitrogen and oxygen atoms in total. The van der Waals surface area contributed by atoms with Gasteiger partial charge in [-0.05, 0) is 23.8 Å². The van der Waals surface area contributed by atoms with Gasteiger partial charge in [0.25, 0.3) is 0 Å². The first-order valence-electron chi connectivity index (χ1n) is 11.4. The molecule has 5 rings (SSSR count). The third-order valence-corrected chi connectivity index (χ3v) is 6.25. The summed E-state index contributed by atoms with van der Waals surface area (Å²) in [6.07, 6.45) is -3.52. The molecule has 0 amide bonds. The molecule has 1 saturated heterocycles. The highest BCUT2D eigenvalue weighted by molar-refractivity contribution is 5.91. The lowest BCUT2D eigenvalue weighted by Crippen LogP contribution is -2.44. The lowest BCUT2D eigenvalue weighted by molar-refractivity contribution is -0.140. The number of fused-ring (bicyclic) bond motifs is 1. The molecule has 0 unspecified atom stereocenters. The van der Waals surface area contributed by atoms with Gasteiger partial charge in [0.2, 0.25) is 5.95 Å². The Morgan fingerprint density at radius 3 is 2.74 bits per heavy atom. The van der Waals surface area contributed by atoms with Crippen molar-refractivity contribution < 1.29 is 31.8 Å². The van der Waals surface area contributed by atoms with E-state index in [0.717, 1.165) is 5.56 Å². The Morgan fingerprint density at radius 1 is 1.21 bits per heavy atom. The minimum absolute atomic E-state index is 0.118. The van der Waals surface area contributed by atoms with Gasteiger partial charge in [-0.15, -0.1) is 0 Å². The fraction of sp³-hybridized carbons (Fsp3) is 0.280. The van der Waals surface area contributed by atoms with Gasteiger partial charge in [0.1, 0.15) is 5.69 Å². The quantitative estimate of drug-likeness (QED) is 0.392. The molecule has 4 aromatic rings. The van der Waals surface area contributed by atoms with E-state index in [9.17, 15) is 27.1 Å². The molecule has 1 atom stereocenters. The van der Waals surface area contributed by atoms with Crippen molar-refractivity contribution >= 4 is 17.0 Å². The second-order valence-corrected chi connectivity index (χ2v) is 8.78. The average molecular weight is 530 g/mol. The highest BCUT2D eigenvalue weighted by atomic mass is 19.4.